The number of rotatable bonds is 5. The van der Waals surface area contributed by atoms with Crippen LogP contribution in [0.25, 0.3) is 10.9 Å². The van der Waals surface area contributed by atoms with Gasteiger partial charge in [-0.2, -0.15) is 13.2 Å². The van der Waals surface area contributed by atoms with Crippen molar-refractivity contribution in [3.05, 3.63) is 95.9 Å². The van der Waals surface area contributed by atoms with Crippen molar-refractivity contribution in [3.8, 4) is 0 Å². The zero-order valence-electron chi connectivity index (χ0n) is 14.9. The van der Waals surface area contributed by atoms with Crippen LogP contribution in [0.15, 0.2) is 79.3 Å². The van der Waals surface area contributed by atoms with E-state index in [1.165, 1.54) is 12.1 Å². The lowest BCUT2D eigenvalue weighted by Crippen LogP contribution is -2.06. The largest absolute Gasteiger partial charge is 0.416 e. The number of para-hydroxylation sites is 1. The number of pyridine rings is 1. The van der Waals surface area contributed by atoms with Crippen LogP contribution in [0.5, 0.6) is 0 Å². The summed E-state index contributed by atoms with van der Waals surface area (Å²) in [5.74, 6) is 0. The van der Waals surface area contributed by atoms with Gasteiger partial charge in [-0.1, -0.05) is 30.3 Å². The van der Waals surface area contributed by atoms with Crippen molar-refractivity contribution >= 4 is 16.6 Å². The molecule has 0 fully saturated rings. The maximum Gasteiger partial charge on any atom is 0.416 e. The number of aromatic nitrogens is 2. The predicted octanol–water partition coefficient (Wildman–Crippen LogP) is 5.72. The molecule has 0 spiro atoms. The van der Waals surface area contributed by atoms with Gasteiger partial charge in [-0.3, -0.25) is 4.98 Å². The molecule has 4 aromatic rings. The van der Waals surface area contributed by atoms with Crippen molar-refractivity contribution in [2.75, 3.05) is 5.32 Å². The lowest BCUT2D eigenvalue weighted by molar-refractivity contribution is -0.137. The normalized spacial score (nSPS) is 11.7. The average Bonchev–Trinajstić information content (AvgIpc) is 3.04. The topological polar surface area (TPSA) is 29.9 Å². The Kier molecular flexibility index (Phi) is 4.77. The van der Waals surface area contributed by atoms with Crippen molar-refractivity contribution in [1.82, 2.24) is 9.55 Å². The number of halogens is 3. The molecule has 0 aliphatic heterocycles. The molecule has 1 N–H and O–H groups in total. The van der Waals surface area contributed by atoms with Crippen LogP contribution in [0.3, 0.4) is 0 Å². The summed E-state index contributed by atoms with van der Waals surface area (Å²) in [7, 11) is 0. The molecule has 2 aromatic heterocycles. The van der Waals surface area contributed by atoms with E-state index in [-0.39, 0.29) is 0 Å². The Morgan fingerprint density at radius 2 is 1.82 bits per heavy atom. The average molecular weight is 381 g/mol. The van der Waals surface area contributed by atoms with Gasteiger partial charge in [-0.25, -0.2) is 0 Å². The summed E-state index contributed by atoms with van der Waals surface area (Å²) in [6, 6.07) is 17.2. The molecule has 142 valence electrons. The third-order valence-electron chi connectivity index (χ3n) is 4.62. The first-order chi connectivity index (χ1) is 13.5. The van der Waals surface area contributed by atoms with Crippen molar-refractivity contribution in [1.29, 1.82) is 0 Å². The van der Waals surface area contributed by atoms with Gasteiger partial charge in [0, 0.05) is 42.6 Å². The maximum absolute atomic E-state index is 13.0. The lowest BCUT2D eigenvalue weighted by atomic mass is 10.1. The molecule has 6 heteroatoms. The van der Waals surface area contributed by atoms with Gasteiger partial charge >= 0.3 is 6.18 Å². The minimum atomic E-state index is -4.34. The van der Waals surface area contributed by atoms with E-state index in [1.54, 1.807) is 18.5 Å². The molecule has 2 aromatic carbocycles. The fraction of sp³-hybridized carbons (Fsp3) is 0.136. The molecule has 0 radical (unpaired) electrons. The van der Waals surface area contributed by atoms with Gasteiger partial charge < -0.3 is 9.88 Å². The Morgan fingerprint density at radius 1 is 0.964 bits per heavy atom. The van der Waals surface area contributed by atoms with E-state index in [0.29, 0.717) is 18.7 Å². The molecule has 28 heavy (non-hydrogen) atoms. The van der Waals surface area contributed by atoms with E-state index in [0.717, 1.165) is 28.2 Å². The van der Waals surface area contributed by atoms with Crippen LogP contribution in [0.4, 0.5) is 18.9 Å². The van der Waals surface area contributed by atoms with Gasteiger partial charge in [-0.15, -0.1) is 0 Å². The van der Waals surface area contributed by atoms with Crippen LogP contribution in [0, 0.1) is 0 Å². The Balaban J connectivity index is 1.63. The van der Waals surface area contributed by atoms with Gasteiger partial charge in [0.25, 0.3) is 0 Å². The number of fused-ring (bicyclic) bond motifs is 1. The molecule has 0 aliphatic carbocycles. The number of hydrogen-bond donors (Lipinski definition) is 1. The van der Waals surface area contributed by atoms with Crippen molar-refractivity contribution in [2.24, 2.45) is 0 Å². The van der Waals surface area contributed by atoms with E-state index in [9.17, 15) is 13.2 Å². The molecule has 0 saturated carbocycles. The smallest absolute Gasteiger partial charge is 0.380 e. The maximum atomic E-state index is 13.0. The lowest BCUT2D eigenvalue weighted by Gasteiger charge is -2.10. The molecule has 0 amide bonds. The van der Waals surface area contributed by atoms with E-state index >= 15 is 0 Å². The Hall–Kier alpha value is -3.28. The van der Waals surface area contributed by atoms with Crippen LogP contribution >= 0.6 is 0 Å². The van der Waals surface area contributed by atoms with Crippen LogP contribution < -0.4 is 5.32 Å². The molecule has 2 heterocycles. The molecule has 0 atom stereocenters. The summed E-state index contributed by atoms with van der Waals surface area (Å²) < 4.78 is 41.0. The number of anilines is 1. The highest BCUT2D eigenvalue weighted by atomic mass is 19.4. The highest BCUT2D eigenvalue weighted by molar-refractivity contribution is 5.84. The van der Waals surface area contributed by atoms with E-state index in [2.05, 4.69) is 10.3 Å². The standard InChI is InChI=1S/C22H18F3N3/c23-22(24,25)18-6-3-5-16(11-18)14-28-15-17(20-8-1-2-9-21(20)28)12-27-19-7-4-10-26-13-19/h1-11,13,15,27H,12,14H2. The van der Waals surface area contributed by atoms with Gasteiger partial charge in [0.15, 0.2) is 0 Å². The molecular weight excluding hydrogens is 363 g/mol. The zero-order chi connectivity index (χ0) is 19.6. The SMILES string of the molecule is FC(F)(F)c1cccc(Cn2cc(CNc3cccnc3)c3ccccc32)c1. The van der Waals surface area contributed by atoms with Crippen molar-refractivity contribution in [2.45, 2.75) is 19.3 Å². The molecule has 0 aliphatic rings. The fourth-order valence-corrected chi connectivity index (χ4v) is 3.30. The number of benzene rings is 2. The second kappa shape index (κ2) is 7.38. The molecule has 4 rings (SSSR count). The zero-order valence-corrected chi connectivity index (χ0v) is 14.9. The Bertz CT molecular complexity index is 1090. The van der Waals surface area contributed by atoms with E-state index in [1.807, 2.05) is 47.2 Å². The van der Waals surface area contributed by atoms with Gasteiger partial charge in [0.05, 0.1) is 11.3 Å². The predicted molar refractivity (Wildman–Crippen MR) is 104 cm³/mol. The highest BCUT2D eigenvalue weighted by Gasteiger charge is 2.30. The molecule has 0 bridgehead atoms. The minimum Gasteiger partial charge on any atom is -0.380 e. The molecule has 0 saturated heterocycles. The fourth-order valence-electron chi connectivity index (χ4n) is 3.30. The van der Waals surface area contributed by atoms with E-state index in [4.69, 9.17) is 0 Å². The first-order valence-corrected chi connectivity index (χ1v) is 8.87. The second-order valence-electron chi connectivity index (χ2n) is 6.59. The quantitative estimate of drug-likeness (QED) is 0.479. The summed E-state index contributed by atoms with van der Waals surface area (Å²) in [4.78, 5) is 4.09. The summed E-state index contributed by atoms with van der Waals surface area (Å²) in [5.41, 5.74) is 2.97. The third kappa shape index (κ3) is 3.86. The third-order valence-corrected chi connectivity index (χ3v) is 4.62. The van der Waals surface area contributed by atoms with Crippen molar-refractivity contribution < 1.29 is 13.2 Å². The van der Waals surface area contributed by atoms with Crippen LogP contribution in [0.2, 0.25) is 0 Å². The Morgan fingerprint density at radius 3 is 2.61 bits per heavy atom. The van der Waals surface area contributed by atoms with E-state index < -0.39 is 11.7 Å². The van der Waals surface area contributed by atoms with Gasteiger partial charge in [0.2, 0.25) is 0 Å². The molecule has 3 nitrogen and oxygen atoms in total. The summed E-state index contributed by atoms with van der Waals surface area (Å²) in [6.45, 7) is 0.971. The second-order valence-corrected chi connectivity index (χ2v) is 6.59. The summed E-state index contributed by atoms with van der Waals surface area (Å²) in [6.07, 6.45) is 1.12. The number of nitrogens with one attached hydrogen (secondary N) is 1. The number of hydrogen-bond acceptors (Lipinski definition) is 2. The Labute approximate surface area is 160 Å². The minimum absolute atomic E-state index is 0.372. The first-order valence-electron chi connectivity index (χ1n) is 8.87. The summed E-state index contributed by atoms with van der Waals surface area (Å²) in [5, 5.41) is 4.41. The molecular formula is C22H18F3N3. The summed E-state index contributed by atoms with van der Waals surface area (Å²) >= 11 is 0. The number of nitrogens with zero attached hydrogens (tertiary/aromatic N) is 2. The van der Waals surface area contributed by atoms with Crippen LogP contribution in [-0.4, -0.2) is 9.55 Å². The van der Waals surface area contributed by atoms with Gasteiger partial charge in [-0.05, 0) is 41.5 Å². The monoisotopic (exact) mass is 381 g/mol. The molecule has 0 unspecified atom stereocenters. The highest BCUT2D eigenvalue weighted by Crippen LogP contribution is 2.30. The number of alkyl halides is 3. The van der Waals surface area contributed by atoms with Crippen LogP contribution in [-0.2, 0) is 19.3 Å². The van der Waals surface area contributed by atoms with Crippen molar-refractivity contribution in [3.63, 3.8) is 0 Å². The van der Waals surface area contributed by atoms with Crippen LogP contribution in [0.1, 0.15) is 16.7 Å². The van der Waals surface area contributed by atoms with Gasteiger partial charge in [0.1, 0.15) is 0 Å². The first kappa shape index (κ1) is 18.1.